The van der Waals surface area contributed by atoms with Gasteiger partial charge < -0.3 is 10.5 Å². The zero-order chi connectivity index (χ0) is 12.3. The molecule has 17 heavy (non-hydrogen) atoms. The first kappa shape index (κ1) is 11.8. The topological polar surface area (TPSA) is 73.9 Å². The number of hydrogen-bond acceptors (Lipinski definition) is 5. The van der Waals surface area contributed by atoms with E-state index in [2.05, 4.69) is 15.0 Å². The fraction of sp³-hybridized carbons (Fsp3) is 0.182. The number of pyridine rings is 1. The van der Waals surface area contributed by atoms with E-state index in [9.17, 15) is 0 Å². The summed E-state index contributed by atoms with van der Waals surface area (Å²) in [5, 5.41) is 0.493. The van der Waals surface area contributed by atoms with Gasteiger partial charge in [-0.3, -0.25) is 9.97 Å². The van der Waals surface area contributed by atoms with Crippen molar-refractivity contribution >= 4 is 11.6 Å². The van der Waals surface area contributed by atoms with Crippen molar-refractivity contribution in [2.75, 3.05) is 7.11 Å². The van der Waals surface area contributed by atoms with Crippen molar-refractivity contribution in [1.82, 2.24) is 15.0 Å². The monoisotopic (exact) mass is 250 g/mol. The van der Waals surface area contributed by atoms with Gasteiger partial charge in [0.1, 0.15) is 5.69 Å². The lowest BCUT2D eigenvalue weighted by atomic mass is 10.1. The maximum atomic E-state index is 6.10. The van der Waals surface area contributed by atoms with Crippen molar-refractivity contribution in [3.05, 3.63) is 47.1 Å². The summed E-state index contributed by atoms with van der Waals surface area (Å²) in [6, 6.07) is 1.26. The molecule has 88 valence electrons. The Hall–Kier alpha value is -1.72. The smallest absolute Gasteiger partial charge is 0.237 e. The van der Waals surface area contributed by atoms with E-state index in [1.165, 1.54) is 7.11 Å². The van der Waals surface area contributed by atoms with E-state index in [0.717, 1.165) is 5.56 Å². The second-order valence-electron chi connectivity index (χ2n) is 3.33. The molecule has 0 amide bonds. The first-order valence-electron chi connectivity index (χ1n) is 4.94. The third-order valence-corrected chi connectivity index (χ3v) is 2.63. The highest BCUT2D eigenvalue weighted by Gasteiger charge is 2.18. The molecule has 6 heteroatoms. The highest BCUT2D eigenvalue weighted by Crippen LogP contribution is 2.28. The standard InChI is InChI=1S/C11H11ClN4O/c1-17-11-10(15-4-5-16-11)9(13)7-2-3-14-6-8(7)12/h2-6,9H,13H2,1H3. The number of halogens is 1. The van der Waals surface area contributed by atoms with E-state index in [0.29, 0.717) is 16.6 Å². The molecule has 0 radical (unpaired) electrons. The molecule has 0 fully saturated rings. The molecule has 0 aliphatic heterocycles. The largest absolute Gasteiger partial charge is 0.480 e. The van der Waals surface area contributed by atoms with E-state index < -0.39 is 6.04 Å². The Kier molecular flexibility index (Phi) is 3.51. The quantitative estimate of drug-likeness (QED) is 0.895. The van der Waals surface area contributed by atoms with Crippen LogP contribution in [-0.4, -0.2) is 22.1 Å². The van der Waals surface area contributed by atoms with Crippen molar-refractivity contribution in [2.45, 2.75) is 6.04 Å². The summed E-state index contributed by atoms with van der Waals surface area (Å²) in [4.78, 5) is 12.1. The predicted molar refractivity (Wildman–Crippen MR) is 63.9 cm³/mol. The van der Waals surface area contributed by atoms with Gasteiger partial charge in [0.25, 0.3) is 0 Å². The summed E-state index contributed by atoms with van der Waals surface area (Å²) in [6.45, 7) is 0. The first-order valence-corrected chi connectivity index (χ1v) is 5.31. The van der Waals surface area contributed by atoms with Crippen LogP contribution in [0.4, 0.5) is 0 Å². The molecule has 2 aromatic heterocycles. The Morgan fingerprint density at radius 1 is 1.29 bits per heavy atom. The Balaban J connectivity index is 2.44. The number of methoxy groups -OCH3 is 1. The Morgan fingerprint density at radius 2 is 2.06 bits per heavy atom. The Labute approximate surface area is 104 Å². The van der Waals surface area contributed by atoms with Crippen LogP contribution in [0.15, 0.2) is 30.9 Å². The van der Waals surface area contributed by atoms with E-state index in [1.807, 2.05) is 0 Å². The summed E-state index contributed by atoms with van der Waals surface area (Å²) in [5.41, 5.74) is 7.38. The van der Waals surface area contributed by atoms with E-state index in [-0.39, 0.29) is 0 Å². The molecule has 0 bridgehead atoms. The molecular weight excluding hydrogens is 240 g/mol. The normalized spacial score (nSPS) is 12.2. The third-order valence-electron chi connectivity index (χ3n) is 2.32. The van der Waals surface area contributed by atoms with Crippen molar-refractivity contribution in [1.29, 1.82) is 0 Å². The Bertz CT molecular complexity index is 520. The van der Waals surface area contributed by atoms with Crippen LogP contribution in [0.25, 0.3) is 0 Å². The lowest BCUT2D eigenvalue weighted by molar-refractivity contribution is 0.387. The highest BCUT2D eigenvalue weighted by molar-refractivity contribution is 6.31. The zero-order valence-corrected chi connectivity index (χ0v) is 9.93. The molecule has 5 nitrogen and oxygen atoms in total. The van der Waals surface area contributed by atoms with Gasteiger partial charge in [0, 0.05) is 24.8 Å². The maximum absolute atomic E-state index is 6.10. The first-order chi connectivity index (χ1) is 8.24. The molecule has 0 aliphatic carbocycles. The van der Waals surface area contributed by atoms with Crippen LogP contribution in [0.1, 0.15) is 17.3 Å². The maximum Gasteiger partial charge on any atom is 0.237 e. The molecular formula is C11H11ClN4O. The Morgan fingerprint density at radius 3 is 2.76 bits per heavy atom. The molecule has 2 rings (SSSR count). The van der Waals surface area contributed by atoms with Gasteiger partial charge in [-0.2, -0.15) is 0 Å². The second kappa shape index (κ2) is 5.07. The fourth-order valence-electron chi connectivity index (χ4n) is 1.49. The van der Waals surface area contributed by atoms with Crippen LogP contribution in [0.3, 0.4) is 0 Å². The van der Waals surface area contributed by atoms with Crippen LogP contribution >= 0.6 is 11.6 Å². The average molecular weight is 251 g/mol. The van der Waals surface area contributed by atoms with Gasteiger partial charge in [-0.05, 0) is 11.6 Å². The van der Waals surface area contributed by atoms with Crippen molar-refractivity contribution in [3.8, 4) is 5.88 Å². The number of nitrogens with zero attached hydrogens (tertiary/aromatic N) is 3. The van der Waals surface area contributed by atoms with E-state index >= 15 is 0 Å². The average Bonchev–Trinajstić information content (AvgIpc) is 2.38. The van der Waals surface area contributed by atoms with Crippen molar-refractivity contribution in [2.24, 2.45) is 5.73 Å². The molecule has 2 aromatic rings. The lowest BCUT2D eigenvalue weighted by Crippen LogP contribution is -2.16. The summed E-state index contributed by atoms with van der Waals surface area (Å²) >= 11 is 6.03. The summed E-state index contributed by atoms with van der Waals surface area (Å²) < 4.78 is 5.12. The van der Waals surface area contributed by atoms with Gasteiger partial charge in [0.05, 0.1) is 18.2 Å². The fourth-order valence-corrected chi connectivity index (χ4v) is 1.73. The third kappa shape index (κ3) is 2.35. The molecule has 0 aromatic carbocycles. The van der Waals surface area contributed by atoms with Gasteiger partial charge in [0.2, 0.25) is 5.88 Å². The van der Waals surface area contributed by atoms with Gasteiger partial charge in [-0.1, -0.05) is 11.6 Å². The molecule has 1 atom stereocenters. The predicted octanol–water partition coefficient (Wildman–Crippen LogP) is 1.58. The van der Waals surface area contributed by atoms with E-state index in [1.54, 1.807) is 30.9 Å². The van der Waals surface area contributed by atoms with Crippen LogP contribution in [0.2, 0.25) is 5.02 Å². The molecule has 0 spiro atoms. The number of hydrogen-bond donors (Lipinski definition) is 1. The van der Waals surface area contributed by atoms with Crippen molar-refractivity contribution < 1.29 is 4.74 Å². The lowest BCUT2D eigenvalue weighted by Gasteiger charge is -2.14. The number of ether oxygens (including phenoxy) is 1. The van der Waals surface area contributed by atoms with Crippen molar-refractivity contribution in [3.63, 3.8) is 0 Å². The SMILES string of the molecule is COc1nccnc1C(N)c1ccncc1Cl. The van der Waals surface area contributed by atoms with Crippen LogP contribution in [0.5, 0.6) is 5.88 Å². The number of aromatic nitrogens is 3. The highest BCUT2D eigenvalue weighted by atomic mass is 35.5. The van der Waals surface area contributed by atoms with E-state index in [4.69, 9.17) is 22.1 Å². The molecule has 2 heterocycles. The van der Waals surface area contributed by atoms with Gasteiger partial charge in [-0.25, -0.2) is 4.98 Å². The number of rotatable bonds is 3. The van der Waals surface area contributed by atoms with Gasteiger partial charge >= 0.3 is 0 Å². The second-order valence-corrected chi connectivity index (χ2v) is 3.73. The molecule has 0 saturated heterocycles. The zero-order valence-electron chi connectivity index (χ0n) is 9.17. The molecule has 0 saturated carbocycles. The number of nitrogens with two attached hydrogens (primary N) is 1. The summed E-state index contributed by atoms with van der Waals surface area (Å²) in [5.74, 6) is 0.396. The summed E-state index contributed by atoms with van der Waals surface area (Å²) in [7, 11) is 1.52. The minimum Gasteiger partial charge on any atom is -0.480 e. The minimum atomic E-state index is -0.492. The van der Waals surface area contributed by atoms with Crippen LogP contribution in [-0.2, 0) is 0 Å². The molecule has 0 aliphatic rings. The minimum absolute atomic E-state index is 0.396. The molecule has 1 unspecified atom stereocenters. The summed E-state index contributed by atoms with van der Waals surface area (Å²) in [6.07, 6.45) is 6.28. The van der Waals surface area contributed by atoms with Gasteiger partial charge in [-0.15, -0.1) is 0 Å². The van der Waals surface area contributed by atoms with Crippen LogP contribution < -0.4 is 10.5 Å². The molecule has 2 N–H and O–H groups in total. The van der Waals surface area contributed by atoms with Gasteiger partial charge in [0.15, 0.2) is 0 Å². The van der Waals surface area contributed by atoms with Crippen LogP contribution in [0, 0.1) is 0 Å².